The lowest BCUT2D eigenvalue weighted by Crippen LogP contribution is -2.30. The van der Waals surface area contributed by atoms with E-state index in [1.165, 1.54) is 22.3 Å². The Hall–Kier alpha value is -1.00. The van der Waals surface area contributed by atoms with Crippen LogP contribution in [-0.4, -0.2) is 34.4 Å². The standard InChI is InChI=1S/C16H25N3S/c1-12(2)10-20-11-13(17-3)9-15-14-7-5-6-8-16(14)19(4)18-15/h5-8,12-13,17H,9-11H2,1-4H3. The van der Waals surface area contributed by atoms with Crippen LogP contribution in [0, 0.1) is 5.92 Å². The summed E-state index contributed by atoms with van der Waals surface area (Å²) in [5.74, 6) is 3.12. The maximum Gasteiger partial charge on any atom is 0.0719 e. The summed E-state index contributed by atoms with van der Waals surface area (Å²) in [6.07, 6.45) is 0.989. The molecule has 110 valence electrons. The first-order valence-electron chi connectivity index (χ1n) is 7.27. The Morgan fingerprint density at radius 3 is 2.70 bits per heavy atom. The molecule has 1 N–H and O–H groups in total. The fraction of sp³-hybridized carbons (Fsp3) is 0.562. The Balaban J connectivity index is 2.06. The van der Waals surface area contributed by atoms with Crippen LogP contribution in [0.25, 0.3) is 10.9 Å². The van der Waals surface area contributed by atoms with Gasteiger partial charge in [0, 0.05) is 30.6 Å². The minimum atomic E-state index is 0.483. The molecule has 1 aromatic carbocycles. The smallest absolute Gasteiger partial charge is 0.0719 e. The minimum absolute atomic E-state index is 0.483. The van der Waals surface area contributed by atoms with Crippen molar-refractivity contribution in [1.29, 1.82) is 0 Å². The molecule has 0 spiro atoms. The molecule has 2 rings (SSSR count). The van der Waals surface area contributed by atoms with Gasteiger partial charge >= 0.3 is 0 Å². The first kappa shape index (κ1) is 15.4. The number of thioether (sulfide) groups is 1. The molecule has 20 heavy (non-hydrogen) atoms. The first-order valence-corrected chi connectivity index (χ1v) is 8.43. The zero-order valence-corrected chi connectivity index (χ0v) is 13.7. The summed E-state index contributed by atoms with van der Waals surface area (Å²) in [6, 6.07) is 8.95. The number of aryl methyl sites for hydroxylation is 1. The summed E-state index contributed by atoms with van der Waals surface area (Å²) in [7, 11) is 4.07. The van der Waals surface area contributed by atoms with E-state index in [-0.39, 0.29) is 0 Å². The van der Waals surface area contributed by atoms with E-state index in [0.717, 1.165) is 18.1 Å². The molecule has 0 saturated heterocycles. The Bertz CT molecular complexity index is 548. The monoisotopic (exact) mass is 291 g/mol. The van der Waals surface area contributed by atoms with E-state index in [1.54, 1.807) is 0 Å². The molecule has 0 bridgehead atoms. The second kappa shape index (κ2) is 7.14. The number of hydrogen-bond donors (Lipinski definition) is 1. The first-order chi connectivity index (χ1) is 9.61. The van der Waals surface area contributed by atoms with Gasteiger partial charge in [-0.3, -0.25) is 4.68 Å². The van der Waals surface area contributed by atoms with Crippen molar-refractivity contribution < 1.29 is 0 Å². The summed E-state index contributed by atoms with van der Waals surface area (Å²) in [5, 5.41) is 9.40. The van der Waals surface area contributed by atoms with Gasteiger partial charge in [-0.15, -0.1) is 0 Å². The number of fused-ring (bicyclic) bond motifs is 1. The summed E-state index contributed by atoms with van der Waals surface area (Å²) < 4.78 is 1.98. The molecule has 1 heterocycles. The number of nitrogens with zero attached hydrogens (tertiary/aromatic N) is 2. The number of hydrogen-bond acceptors (Lipinski definition) is 3. The number of benzene rings is 1. The Labute approximate surface area is 126 Å². The lowest BCUT2D eigenvalue weighted by molar-refractivity contribution is 0.601. The molecule has 0 aliphatic heterocycles. The van der Waals surface area contributed by atoms with Gasteiger partial charge in [-0.1, -0.05) is 32.0 Å². The normalized spacial score (nSPS) is 13.2. The average Bonchev–Trinajstić information content (AvgIpc) is 2.74. The molecule has 2 aromatic rings. The fourth-order valence-corrected chi connectivity index (χ4v) is 3.54. The molecule has 3 nitrogen and oxygen atoms in total. The molecule has 1 unspecified atom stereocenters. The van der Waals surface area contributed by atoms with Gasteiger partial charge in [0.05, 0.1) is 11.2 Å². The molecule has 1 atom stereocenters. The van der Waals surface area contributed by atoms with Crippen molar-refractivity contribution in [2.75, 3.05) is 18.6 Å². The maximum absolute atomic E-state index is 4.69. The third kappa shape index (κ3) is 3.76. The van der Waals surface area contributed by atoms with E-state index in [9.17, 15) is 0 Å². The van der Waals surface area contributed by atoms with E-state index >= 15 is 0 Å². The highest BCUT2D eigenvalue weighted by Crippen LogP contribution is 2.20. The number of nitrogens with one attached hydrogen (secondary N) is 1. The number of para-hydroxylation sites is 1. The maximum atomic E-state index is 4.69. The van der Waals surface area contributed by atoms with Gasteiger partial charge in [0.2, 0.25) is 0 Å². The van der Waals surface area contributed by atoms with Gasteiger partial charge < -0.3 is 5.32 Å². The number of aromatic nitrogens is 2. The third-order valence-electron chi connectivity index (χ3n) is 3.45. The fourth-order valence-electron chi connectivity index (χ4n) is 2.36. The van der Waals surface area contributed by atoms with E-state index in [4.69, 9.17) is 0 Å². The highest BCUT2D eigenvalue weighted by atomic mass is 32.2. The van der Waals surface area contributed by atoms with E-state index < -0.39 is 0 Å². The topological polar surface area (TPSA) is 29.9 Å². The predicted octanol–water partition coefficient (Wildman–Crippen LogP) is 3.09. The second-order valence-electron chi connectivity index (χ2n) is 5.71. The zero-order chi connectivity index (χ0) is 14.5. The van der Waals surface area contributed by atoms with Gasteiger partial charge in [0.25, 0.3) is 0 Å². The quantitative estimate of drug-likeness (QED) is 0.850. The summed E-state index contributed by atoms with van der Waals surface area (Å²) >= 11 is 2.03. The van der Waals surface area contributed by atoms with Crippen molar-refractivity contribution in [2.45, 2.75) is 26.3 Å². The van der Waals surface area contributed by atoms with Crippen LogP contribution in [0.3, 0.4) is 0 Å². The molecule has 4 heteroatoms. The molecule has 0 aliphatic carbocycles. The number of likely N-dealkylation sites (N-methyl/N-ethyl adjacent to an activating group) is 1. The van der Waals surface area contributed by atoms with Crippen LogP contribution in [0.2, 0.25) is 0 Å². The van der Waals surface area contributed by atoms with Crippen molar-refractivity contribution in [3.8, 4) is 0 Å². The van der Waals surface area contributed by atoms with E-state index in [2.05, 4.69) is 48.5 Å². The van der Waals surface area contributed by atoms with Crippen molar-refractivity contribution in [2.24, 2.45) is 13.0 Å². The highest BCUT2D eigenvalue weighted by molar-refractivity contribution is 7.99. The molecule has 0 aliphatic rings. The van der Waals surface area contributed by atoms with Crippen LogP contribution in [-0.2, 0) is 13.5 Å². The molecule has 1 aromatic heterocycles. The largest absolute Gasteiger partial charge is 0.316 e. The zero-order valence-electron chi connectivity index (χ0n) is 12.9. The number of rotatable bonds is 7. The molecular formula is C16H25N3S. The molecule has 0 radical (unpaired) electrons. The SMILES string of the molecule is CNC(CSCC(C)C)Cc1nn(C)c2ccccc12. The van der Waals surface area contributed by atoms with Crippen LogP contribution in [0.1, 0.15) is 19.5 Å². The van der Waals surface area contributed by atoms with Crippen LogP contribution < -0.4 is 5.32 Å². The predicted molar refractivity (Wildman–Crippen MR) is 89.4 cm³/mol. The van der Waals surface area contributed by atoms with Crippen molar-refractivity contribution >= 4 is 22.7 Å². The van der Waals surface area contributed by atoms with E-state index in [1.807, 2.05) is 30.5 Å². The van der Waals surface area contributed by atoms with Crippen LogP contribution in [0.5, 0.6) is 0 Å². The van der Waals surface area contributed by atoms with Crippen LogP contribution >= 0.6 is 11.8 Å². The molecule has 0 amide bonds. The Kier molecular flexibility index (Phi) is 5.49. The molecular weight excluding hydrogens is 266 g/mol. The van der Waals surface area contributed by atoms with Gasteiger partial charge in [-0.05, 0) is 24.8 Å². The lowest BCUT2D eigenvalue weighted by Gasteiger charge is -2.15. The summed E-state index contributed by atoms with van der Waals surface area (Å²) in [5.41, 5.74) is 2.42. The van der Waals surface area contributed by atoms with Gasteiger partial charge in [0.1, 0.15) is 0 Å². The van der Waals surface area contributed by atoms with Gasteiger partial charge in [-0.2, -0.15) is 16.9 Å². The van der Waals surface area contributed by atoms with Gasteiger partial charge in [-0.25, -0.2) is 0 Å². The highest BCUT2D eigenvalue weighted by Gasteiger charge is 2.14. The summed E-state index contributed by atoms with van der Waals surface area (Å²) in [4.78, 5) is 0. The summed E-state index contributed by atoms with van der Waals surface area (Å²) in [6.45, 7) is 4.54. The van der Waals surface area contributed by atoms with Crippen LogP contribution in [0.4, 0.5) is 0 Å². The third-order valence-corrected chi connectivity index (χ3v) is 4.99. The van der Waals surface area contributed by atoms with Crippen molar-refractivity contribution in [3.05, 3.63) is 30.0 Å². The van der Waals surface area contributed by atoms with Gasteiger partial charge in [0.15, 0.2) is 0 Å². The Morgan fingerprint density at radius 1 is 1.25 bits per heavy atom. The second-order valence-corrected chi connectivity index (χ2v) is 6.78. The van der Waals surface area contributed by atoms with Crippen LogP contribution in [0.15, 0.2) is 24.3 Å². The molecule has 0 fully saturated rings. The Morgan fingerprint density at radius 2 is 2.00 bits per heavy atom. The minimum Gasteiger partial charge on any atom is -0.316 e. The molecule has 0 saturated carbocycles. The average molecular weight is 291 g/mol. The van der Waals surface area contributed by atoms with Crippen molar-refractivity contribution in [1.82, 2.24) is 15.1 Å². The lowest BCUT2D eigenvalue weighted by atomic mass is 10.1. The van der Waals surface area contributed by atoms with E-state index in [0.29, 0.717) is 6.04 Å². The van der Waals surface area contributed by atoms with Crippen molar-refractivity contribution in [3.63, 3.8) is 0 Å².